The lowest BCUT2D eigenvalue weighted by Crippen LogP contribution is -2.29. The van der Waals surface area contributed by atoms with Crippen LogP contribution in [-0.4, -0.2) is 23.4 Å². The molecule has 3 aromatic rings. The Balaban J connectivity index is 2.00. The molecule has 128 valence electrons. The Kier molecular flexibility index (Phi) is 4.30. The van der Waals surface area contributed by atoms with Crippen molar-refractivity contribution in [3.8, 4) is 0 Å². The molecule has 0 fully saturated rings. The van der Waals surface area contributed by atoms with Gasteiger partial charge in [-0.25, -0.2) is 0 Å². The largest absolute Gasteiger partial charge is 0.469 e. The summed E-state index contributed by atoms with van der Waals surface area (Å²) >= 11 is 1.78. The van der Waals surface area contributed by atoms with Gasteiger partial charge >= 0.3 is 5.97 Å². The van der Waals surface area contributed by atoms with E-state index in [4.69, 9.17) is 4.74 Å². The zero-order chi connectivity index (χ0) is 17.4. The smallest absolute Gasteiger partial charge is 0.310 e. The lowest BCUT2D eigenvalue weighted by atomic mass is 9.81. The van der Waals surface area contributed by atoms with E-state index in [1.165, 1.54) is 34.2 Å². The number of aryl methyl sites for hydroxylation is 1. The molecule has 0 N–H and O–H groups in total. The Morgan fingerprint density at radius 1 is 1.16 bits per heavy atom. The number of esters is 1. The van der Waals surface area contributed by atoms with E-state index in [0.717, 1.165) is 12.3 Å². The van der Waals surface area contributed by atoms with E-state index in [0.29, 0.717) is 0 Å². The Labute approximate surface area is 152 Å². The van der Waals surface area contributed by atoms with Crippen LogP contribution in [0.4, 0.5) is 0 Å². The summed E-state index contributed by atoms with van der Waals surface area (Å²) in [4.78, 5) is 12.5. The number of thioether (sulfide) groups is 1. The minimum absolute atomic E-state index is 0.0302. The quantitative estimate of drug-likeness (QED) is 0.642. The molecular weight excluding hydrogens is 330 g/mol. The number of benzene rings is 2. The third-order valence-electron chi connectivity index (χ3n) is 5.05. The average molecular weight is 351 g/mol. The zero-order valence-corrected chi connectivity index (χ0v) is 15.3. The average Bonchev–Trinajstić information content (AvgIpc) is 3.01. The first-order valence-electron chi connectivity index (χ1n) is 8.63. The second kappa shape index (κ2) is 6.60. The standard InChI is InChI=1S/C21H21NO2S/c1-3-22-17-12-8-7-11-15(17)19-18(14-9-5-4-6-10-14)16(21(23)24-2)13-25-20(19)22/h4-12,16,18H,3,13H2,1-2H3/t16-,18+/m0/s1. The molecule has 3 nitrogen and oxygen atoms in total. The molecule has 0 bridgehead atoms. The Hall–Kier alpha value is -2.20. The molecule has 1 aliphatic heterocycles. The molecule has 2 atom stereocenters. The number of carbonyl (C=O) groups excluding carboxylic acids is 1. The number of carbonyl (C=O) groups is 1. The summed E-state index contributed by atoms with van der Waals surface area (Å²) in [6.07, 6.45) is 0. The summed E-state index contributed by atoms with van der Waals surface area (Å²) in [6, 6.07) is 18.9. The Morgan fingerprint density at radius 3 is 2.60 bits per heavy atom. The highest BCUT2D eigenvalue weighted by Crippen LogP contribution is 2.49. The first-order valence-corrected chi connectivity index (χ1v) is 9.61. The molecule has 0 radical (unpaired) electrons. The van der Waals surface area contributed by atoms with Gasteiger partial charge in [-0.2, -0.15) is 0 Å². The third-order valence-corrected chi connectivity index (χ3v) is 6.29. The highest BCUT2D eigenvalue weighted by atomic mass is 32.2. The van der Waals surface area contributed by atoms with E-state index in [2.05, 4.69) is 47.9 Å². The van der Waals surface area contributed by atoms with Crippen LogP contribution >= 0.6 is 11.8 Å². The number of fused-ring (bicyclic) bond motifs is 3. The van der Waals surface area contributed by atoms with Gasteiger partial charge in [0.15, 0.2) is 0 Å². The van der Waals surface area contributed by atoms with Crippen LogP contribution in [0.2, 0.25) is 0 Å². The van der Waals surface area contributed by atoms with Crippen LogP contribution in [-0.2, 0) is 16.1 Å². The molecule has 25 heavy (non-hydrogen) atoms. The van der Waals surface area contributed by atoms with Gasteiger partial charge in [0.25, 0.3) is 0 Å². The van der Waals surface area contributed by atoms with E-state index in [1.807, 2.05) is 18.2 Å². The lowest BCUT2D eigenvalue weighted by Gasteiger charge is -2.31. The van der Waals surface area contributed by atoms with Crippen LogP contribution in [0, 0.1) is 5.92 Å². The number of aromatic nitrogens is 1. The fourth-order valence-corrected chi connectivity index (χ4v) is 5.40. The number of rotatable bonds is 3. The molecule has 1 aliphatic rings. The van der Waals surface area contributed by atoms with E-state index < -0.39 is 0 Å². The van der Waals surface area contributed by atoms with Crippen molar-refractivity contribution in [3.63, 3.8) is 0 Å². The summed E-state index contributed by atoms with van der Waals surface area (Å²) in [6.45, 7) is 3.10. The van der Waals surface area contributed by atoms with Crippen molar-refractivity contribution < 1.29 is 9.53 Å². The molecule has 4 heteroatoms. The van der Waals surface area contributed by atoms with Gasteiger partial charge < -0.3 is 9.30 Å². The van der Waals surface area contributed by atoms with Gasteiger partial charge in [0.2, 0.25) is 0 Å². The van der Waals surface area contributed by atoms with Crippen molar-refractivity contribution in [2.45, 2.75) is 24.4 Å². The van der Waals surface area contributed by atoms with Gasteiger partial charge in [0.1, 0.15) is 0 Å². The minimum Gasteiger partial charge on any atom is -0.469 e. The second-order valence-electron chi connectivity index (χ2n) is 6.31. The first kappa shape index (κ1) is 16.3. The van der Waals surface area contributed by atoms with Gasteiger partial charge in [-0.05, 0) is 18.6 Å². The van der Waals surface area contributed by atoms with Crippen molar-refractivity contribution in [1.29, 1.82) is 0 Å². The van der Waals surface area contributed by atoms with Crippen LogP contribution in [0.3, 0.4) is 0 Å². The first-order chi connectivity index (χ1) is 12.3. The fraction of sp³-hybridized carbons (Fsp3) is 0.286. The lowest BCUT2D eigenvalue weighted by molar-refractivity contribution is -0.145. The summed E-state index contributed by atoms with van der Waals surface area (Å²) in [7, 11) is 1.49. The maximum Gasteiger partial charge on any atom is 0.310 e. The molecule has 0 saturated carbocycles. The summed E-state index contributed by atoms with van der Waals surface area (Å²) < 4.78 is 7.52. The molecule has 0 amide bonds. The van der Waals surface area contributed by atoms with Crippen LogP contribution < -0.4 is 0 Å². The third kappa shape index (κ3) is 2.56. The van der Waals surface area contributed by atoms with Crippen LogP contribution in [0.1, 0.15) is 24.0 Å². The van der Waals surface area contributed by atoms with Gasteiger partial charge in [-0.15, -0.1) is 11.8 Å². The Morgan fingerprint density at radius 2 is 1.88 bits per heavy atom. The second-order valence-corrected chi connectivity index (χ2v) is 7.32. The van der Waals surface area contributed by atoms with Gasteiger partial charge in [0, 0.05) is 34.7 Å². The molecule has 2 heterocycles. The summed E-state index contributed by atoms with van der Waals surface area (Å²) in [5.41, 5.74) is 3.70. The molecule has 0 spiro atoms. The molecular formula is C21H21NO2S. The monoisotopic (exact) mass is 351 g/mol. The maximum absolute atomic E-state index is 12.5. The SMILES string of the molecule is CCn1c2c(c3ccccc31)[C@H](c1ccccc1)[C@@H](C(=O)OC)CS2. The number of nitrogens with zero attached hydrogens (tertiary/aromatic N) is 1. The maximum atomic E-state index is 12.5. The number of hydrogen-bond acceptors (Lipinski definition) is 3. The molecule has 0 aliphatic carbocycles. The molecule has 4 rings (SSSR count). The van der Waals surface area contributed by atoms with Crippen molar-refractivity contribution in [3.05, 3.63) is 65.7 Å². The Bertz CT molecular complexity index is 916. The topological polar surface area (TPSA) is 31.2 Å². The number of ether oxygens (including phenoxy) is 1. The van der Waals surface area contributed by atoms with Crippen molar-refractivity contribution in [2.24, 2.45) is 5.92 Å². The highest BCUT2D eigenvalue weighted by molar-refractivity contribution is 7.99. The van der Waals surface area contributed by atoms with E-state index in [-0.39, 0.29) is 17.8 Å². The number of para-hydroxylation sites is 1. The van der Waals surface area contributed by atoms with E-state index in [9.17, 15) is 4.79 Å². The normalized spacial score (nSPS) is 19.6. The van der Waals surface area contributed by atoms with Crippen LogP contribution in [0.25, 0.3) is 10.9 Å². The van der Waals surface area contributed by atoms with E-state index >= 15 is 0 Å². The van der Waals surface area contributed by atoms with E-state index in [1.54, 1.807) is 11.8 Å². The molecule has 0 unspecified atom stereocenters. The van der Waals surface area contributed by atoms with Crippen molar-refractivity contribution >= 4 is 28.6 Å². The number of methoxy groups -OCH3 is 1. The minimum atomic E-state index is -0.166. The van der Waals surface area contributed by atoms with Crippen molar-refractivity contribution in [2.75, 3.05) is 12.9 Å². The predicted octanol–water partition coefficient (Wildman–Crippen LogP) is 4.69. The fourth-order valence-electron chi connectivity index (χ4n) is 3.96. The zero-order valence-electron chi connectivity index (χ0n) is 14.4. The van der Waals surface area contributed by atoms with Crippen molar-refractivity contribution in [1.82, 2.24) is 4.57 Å². The summed E-state index contributed by atoms with van der Waals surface area (Å²) in [5.74, 6) is 0.485. The van der Waals surface area contributed by atoms with Gasteiger partial charge in [-0.1, -0.05) is 48.5 Å². The highest BCUT2D eigenvalue weighted by Gasteiger charge is 2.39. The van der Waals surface area contributed by atoms with Gasteiger partial charge in [-0.3, -0.25) is 4.79 Å². The predicted molar refractivity (Wildman–Crippen MR) is 102 cm³/mol. The summed E-state index contributed by atoms with van der Waals surface area (Å²) in [5, 5.41) is 2.53. The van der Waals surface area contributed by atoms with Crippen LogP contribution in [0.5, 0.6) is 0 Å². The van der Waals surface area contributed by atoms with Gasteiger partial charge in [0.05, 0.1) is 18.1 Å². The molecule has 2 aromatic carbocycles. The number of hydrogen-bond donors (Lipinski definition) is 0. The van der Waals surface area contributed by atoms with Crippen LogP contribution in [0.15, 0.2) is 59.6 Å². The molecule has 0 saturated heterocycles. The molecule has 1 aromatic heterocycles.